The summed E-state index contributed by atoms with van der Waals surface area (Å²) in [6.45, 7) is 0.177. The van der Waals surface area contributed by atoms with Gasteiger partial charge >= 0.3 is 0 Å². The molecule has 2 aromatic heterocycles. The Morgan fingerprint density at radius 1 is 1.26 bits per heavy atom. The fourth-order valence-corrected chi connectivity index (χ4v) is 1.84. The van der Waals surface area contributed by atoms with E-state index in [2.05, 4.69) is 10.1 Å². The van der Waals surface area contributed by atoms with Crippen molar-refractivity contribution in [1.29, 1.82) is 0 Å². The van der Waals surface area contributed by atoms with Gasteiger partial charge in [-0.25, -0.2) is 9.50 Å². The highest BCUT2D eigenvalue weighted by molar-refractivity contribution is 6.30. The SMILES string of the molecule is Oc1ccccc1OCc1nc2cc(Cl)ccn2n1. The Balaban J connectivity index is 1.80. The summed E-state index contributed by atoms with van der Waals surface area (Å²) in [6.07, 6.45) is 1.73. The van der Waals surface area contributed by atoms with Gasteiger partial charge in [-0.05, 0) is 18.2 Å². The lowest BCUT2D eigenvalue weighted by molar-refractivity contribution is 0.280. The van der Waals surface area contributed by atoms with Crippen LogP contribution in [0.25, 0.3) is 5.65 Å². The van der Waals surface area contributed by atoms with Crippen LogP contribution < -0.4 is 4.74 Å². The number of hydrogen-bond donors (Lipinski definition) is 1. The molecule has 3 rings (SSSR count). The standard InChI is InChI=1S/C13H10ClN3O2/c14-9-5-6-17-13(7-9)15-12(16-17)8-19-11-4-2-1-3-10(11)18/h1-7,18H,8H2. The molecule has 0 atom stereocenters. The Morgan fingerprint density at radius 3 is 2.95 bits per heavy atom. The van der Waals surface area contributed by atoms with Crippen molar-refractivity contribution in [3.8, 4) is 11.5 Å². The highest BCUT2D eigenvalue weighted by Crippen LogP contribution is 2.25. The Kier molecular flexibility index (Phi) is 2.97. The number of phenolic OH excluding ortho intramolecular Hbond substituents is 1. The number of aromatic hydroxyl groups is 1. The summed E-state index contributed by atoms with van der Waals surface area (Å²) in [4.78, 5) is 4.28. The van der Waals surface area contributed by atoms with Crippen LogP contribution in [0.5, 0.6) is 11.5 Å². The molecule has 0 amide bonds. The maximum atomic E-state index is 9.58. The molecule has 1 N–H and O–H groups in total. The summed E-state index contributed by atoms with van der Waals surface area (Å²) in [5, 5.41) is 14.4. The third kappa shape index (κ3) is 2.46. The number of ether oxygens (including phenoxy) is 1. The molecule has 5 nitrogen and oxygen atoms in total. The quantitative estimate of drug-likeness (QED) is 0.798. The Hall–Kier alpha value is -2.27. The monoisotopic (exact) mass is 275 g/mol. The van der Waals surface area contributed by atoms with Crippen LogP contribution in [0.15, 0.2) is 42.6 Å². The van der Waals surface area contributed by atoms with Crippen LogP contribution in [0.3, 0.4) is 0 Å². The van der Waals surface area contributed by atoms with Crippen molar-refractivity contribution >= 4 is 17.2 Å². The average molecular weight is 276 g/mol. The van der Waals surface area contributed by atoms with Gasteiger partial charge < -0.3 is 9.84 Å². The molecule has 2 heterocycles. The first-order valence-corrected chi connectivity index (χ1v) is 6.02. The van der Waals surface area contributed by atoms with Gasteiger partial charge in [0.1, 0.15) is 6.61 Å². The number of rotatable bonds is 3. The Morgan fingerprint density at radius 2 is 2.11 bits per heavy atom. The van der Waals surface area contributed by atoms with Crippen LogP contribution in [0.2, 0.25) is 5.02 Å². The van der Waals surface area contributed by atoms with Crippen molar-refractivity contribution < 1.29 is 9.84 Å². The van der Waals surface area contributed by atoms with Gasteiger partial charge in [0.05, 0.1) is 0 Å². The van der Waals surface area contributed by atoms with Crippen LogP contribution in [0, 0.1) is 0 Å². The molecule has 0 saturated carbocycles. The fraction of sp³-hybridized carbons (Fsp3) is 0.0769. The van der Waals surface area contributed by atoms with E-state index in [1.165, 1.54) is 0 Å². The van der Waals surface area contributed by atoms with Crippen LogP contribution in [0.1, 0.15) is 5.82 Å². The van der Waals surface area contributed by atoms with E-state index in [1.54, 1.807) is 47.1 Å². The van der Waals surface area contributed by atoms with Crippen molar-refractivity contribution in [3.63, 3.8) is 0 Å². The van der Waals surface area contributed by atoms with E-state index in [1.807, 2.05) is 0 Å². The number of phenols is 1. The maximum absolute atomic E-state index is 9.58. The third-order valence-corrected chi connectivity index (χ3v) is 2.80. The zero-order chi connectivity index (χ0) is 13.2. The largest absolute Gasteiger partial charge is 0.504 e. The van der Waals surface area contributed by atoms with E-state index in [-0.39, 0.29) is 12.4 Å². The molecular weight excluding hydrogens is 266 g/mol. The van der Waals surface area contributed by atoms with Gasteiger partial charge in [0.25, 0.3) is 0 Å². The zero-order valence-electron chi connectivity index (χ0n) is 9.82. The zero-order valence-corrected chi connectivity index (χ0v) is 10.6. The number of halogens is 1. The molecule has 6 heteroatoms. The van der Waals surface area contributed by atoms with Crippen molar-refractivity contribution in [2.24, 2.45) is 0 Å². The van der Waals surface area contributed by atoms with Gasteiger partial charge in [0.15, 0.2) is 23.0 Å². The van der Waals surface area contributed by atoms with E-state index in [4.69, 9.17) is 16.3 Å². The summed E-state index contributed by atoms with van der Waals surface area (Å²) >= 11 is 5.88. The van der Waals surface area contributed by atoms with E-state index >= 15 is 0 Å². The molecule has 0 aliphatic carbocycles. The van der Waals surface area contributed by atoms with Gasteiger partial charge in [0.2, 0.25) is 0 Å². The molecule has 96 valence electrons. The smallest absolute Gasteiger partial charge is 0.189 e. The number of fused-ring (bicyclic) bond motifs is 1. The minimum absolute atomic E-state index is 0.0920. The molecule has 0 radical (unpaired) electrons. The molecule has 0 spiro atoms. The lowest BCUT2D eigenvalue weighted by Crippen LogP contribution is -1.98. The minimum atomic E-state index is 0.0920. The van der Waals surface area contributed by atoms with Gasteiger partial charge in [-0.15, -0.1) is 5.10 Å². The second-order valence-electron chi connectivity index (χ2n) is 3.93. The molecule has 1 aromatic carbocycles. The summed E-state index contributed by atoms with van der Waals surface area (Å²) in [5.74, 6) is 1.01. The van der Waals surface area contributed by atoms with E-state index < -0.39 is 0 Å². The van der Waals surface area contributed by atoms with Crippen molar-refractivity contribution in [1.82, 2.24) is 14.6 Å². The molecule has 3 aromatic rings. The summed E-state index contributed by atoms with van der Waals surface area (Å²) in [7, 11) is 0. The van der Waals surface area contributed by atoms with E-state index in [9.17, 15) is 5.11 Å². The predicted molar refractivity (Wildman–Crippen MR) is 70.4 cm³/mol. The first-order chi connectivity index (χ1) is 9.22. The number of benzene rings is 1. The molecule has 0 saturated heterocycles. The Labute approximate surface area is 114 Å². The third-order valence-electron chi connectivity index (χ3n) is 2.57. The number of hydrogen-bond acceptors (Lipinski definition) is 4. The van der Waals surface area contributed by atoms with Crippen LogP contribution >= 0.6 is 11.6 Å². The Bertz CT molecular complexity index is 727. The summed E-state index contributed by atoms with van der Waals surface area (Å²) in [5.41, 5.74) is 0.656. The van der Waals surface area contributed by atoms with Gasteiger partial charge in [-0.1, -0.05) is 23.7 Å². The van der Waals surface area contributed by atoms with Crippen LogP contribution in [-0.2, 0) is 6.61 Å². The summed E-state index contributed by atoms with van der Waals surface area (Å²) < 4.78 is 7.08. The number of para-hydroxylation sites is 2. The first kappa shape index (κ1) is 11.8. The molecule has 19 heavy (non-hydrogen) atoms. The molecule has 0 bridgehead atoms. The van der Waals surface area contributed by atoms with Crippen molar-refractivity contribution in [2.75, 3.05) is 0 Å². The van der Waals surface area contributed by atoms with Crippen LogP contribution in [0.4, 0.5) is 0 Å². The molecule has 0 aliphatic rings. The normalized spacial score (nSPS) is 10.8. The lowest BCUT2D eigenvalue weighted by Gasteiger charge is -2.04. The number of nitrogens with zero attached hydrogens (tertiary/aromatic N) is 3. The summed E-state index contributed by atoms with van der Waals surface area (Å²) in [6, 6.07) is 10.2. The topological polar surface area (TPSA) is 59.7 Å². The van der Waals surface area contributed by atoms with Gasteiger partial charge in [-0.3, -0.25) is 0 Å². The molecular formula is C13H10ClN3O2. The fourth-order valence-electron chi connectivity index (χ4n) is 1.69. The average Bonchev–Trinajstić information content (AvgIpc) is 2.79. The highest BCUT2D eigenvalue weighted by atomic mass is 35.5. The second kappa shape index (κ2) is 4.78. The first-order valence-electron chi connectivity index (χ1n) is 5.64. The van der Waals surface area contributed by atoms with Gasteiger partial charge in [-0.2, -0.15) is 0 Å². The van der Waals surface area contributed by atoms with E-state index in [0.717, 1.165) is 0 Å². The number of pyridine rings is 1. The van der Waals surface area contributed by atoms with Gasteiger partial charge in [0, 0.05) is 17.3 Å². The lowest BCUT2D eigenvalue weighted by atomic mass is 10.3. The molecule has 0 fully saturated rings. The van der Waals surface area contributed by atoms with Crippen molar-refractivity contribution in [2.45, 2.75) is 6.61 Å². The van der Waals surface area contributed by atoms with E-state index in [0.29, 0.717) is 22.2 Å². The highest BCUT2D eigenvalue weighted by Gasteiger charge is 2.06. The van der Waals surface area contributed by atoms with Crippen molar-refractivity contribution in [3.05, 3.63) is 53.4 Å². The van der Waals surface area contributed by atoms with Crippen LogP contribution in [-0.4, -0.2) is 19.7 Å². The predicted octanol–water partition coefficient (Wildman–Crippen LogP) is 2.67. The number of aromatic nitrogens is 3. The maximum Gasteiger partial charge on any atom is 0.189 e. The minimum Gasteiger partial charge on any atom is -0.504 e. The second-order valence-corrected chi connectivity index (χ2v) is 4.37. The molecule has 0 aliphatic heterocycles. The molecule has 0 unspecified atom stereocenters.